The fraction of sp³-hybridized carbons (Fsp3) is 0.857. The van der Waals surface area contributed by atoms with Crippen molar-refractivity contribution in [2.24, 2.45) is 5.41 Å². The van der Waals surface area contributed by atoms with Crippen molar-refractivity contribution < 1.29 is 9.59 Å². The molecule has 0 saturated carbocycles. The molecule has 0 bridgehead atoms. The summed E-state index contributed by atoms with van der Waals surface area (Å²) in [7, 11) is 0. The van der Waals surface area contributed by atoms with Gasteiger partial charge < -0.3 is 10.2 Å². The van der Waals surface area contributed by atoms with Gasteiger partial charge in [0.05, 0.1) is 0 Å². The van der Waals surface area contributed by atoms with Crippen LogP contribution in [0, 0.1) is 5.41 Å². The molecule has 104 valence electrons. The van der Waals surface area contributed by atoms with Crippen molar-refractivity contribution in [3.63, 3.8) is 0 Å². The van der Waals surface area contributed by atoms with Crippen molar-refractivity contribution >= 4 is 11.8 Å². The molecular weight excluding hydrogens is 228 g/mol. The van der Waals surface area contributed by atoms with Crippen molar-refractivity contribution in [1.82, 2.24) is 10.2 Å². The predicted octanol–water partition coefficient (Wildman–Crippen LogP) is 1.94. The summed E-state index contributed by atoms with van der Waals surface area (Å²) in [5.41, 5.74) is -0.249. The summed E-state index contributed by atoms with van der Waals surface area (Å²) < 4.78 is 0. The van der Waals surface area contributed by atoms with Crippen LogP contribution in [0.15, 0.2) is 0 Å². The molecule has 1 rings (SSSR count). The molecule has 0 aromatic heterocycles. The molecule has 4 nitrogen and oxygen atoms in total. The summed E-state index contributed by atoms with van der Waals surface area (Å²) in [4.78, 5) is 26.2. The third-order valence-electron chi connectivity index (χ3n) is 3.66. The molecule has 1 unspecified atom stereocenters. The molecule has 0 aromatic rings. The molecule has 0 aromatic carbocycles. The van der Waals surface area contributed by atoms with Crippen molar-refractivity contribution in [2.45, 2.75) is 66.0 Å². The maximum Gasteiger partial charge on any atom is 0.245 e. The van der Waals surface area contributed by atoms with Crippen LogP contribution in [-0.4, -0.2) is 35.3 Å². The zero-order valence-electron chi connectivity index (χ0n) is 12.2. The summed E-state index contributed by atoms with van der Waals surface area (Å²) in [5, 5.41) is 2.87. The van der Waals surface area contributed by atoms with E-state index in [1.165, 1.54) is 0 Å². The molecule has 2 amide bonds. The second-order valence-corrected chi connectivity index (χ2v) is 6.12. The Labute approximate surface area is 110 Å². The van der Waals surface area contributed by atoms with Crippen LogP contribution < -0.4 is 5.32 Å². The topological polar surface area (TPSA) is 49.4 Å². The van der Waals surface area contributed by atoms with Gasteiger partial charge in [-0.1, -0.05) is 34.6 Å². The van der Waals surface area contributed by atoms with Gasteiger partial charge in [0.2, 0.25) is 11.8 Å². The average molecular weight is 254 g/mol. The van der Waals surface area contributed by atoms with Crippen LogP contribution in [0.25, 0.3) is 0 Å². The molecule has 4 heteroatoms. The summed E-state index contributed by atoms with van der Waals surface area (Å²) in [5.74, 6) is 0.0544. The quantitative estimate of drug-likeness (QED) is 0.836. The van der Waals surface area contributed by atoms with Gasteiger partial charge >= 0.3 is 0 Å². The van der Waals surface area contributed by atoms with Crippen molar-refractivity contribution in [3.8, 4) is 0 Å². The highest BCUT2D eigenvalue weighted by molar-refractivity contribution is 5.90. The van der Waals surface area contributed by atoms with Crippen LogP contribution in [0.4, 0.5) is 0 Å². The normalized spacial score (nSPS) is 22.1. The van der Waals surface area contributed by atoms with Gasteiger partial charge in [-0.25, -0.2) is 0 Å². The van der Waals surface area contributed by atoms with Gasteiger partial charge in [0.1, 0.15) is 6.04 Å². The zero-order chi connectivity index (χ0) is 13.9. The highest BCUT2D eigenvalue weighted by Gasteiger charge is 2.39. The Bertz CT molecular complexity index is 316. The first kappa shape index (κ1) is 15.0. The van der Waals surface area contributed by atoms with Crippen LogP contribution in [-0.2, 0) is 9.59 Å². The largest absolute Gasteiger partial charge is 0.344 e. The van der Waals surface area contributed by atoms with Crippen LogP contribution in [0.2, 0.25) is 0 Å². The van der Waals surface area contributed by atoms with Crippen LogP contribution >= 0.6 is 0 Å². The van der Waals surface area contributed by atoms with Crippen molar-refractivity contribution in [1.29, 1.82) is 0 Å². The Hall–Kier alpha value is -1.06. The van der Waals surface area contributed by atoms with E-state index >= 15 is 0 Å². The number of hydrogen-bond donors (Lipinski definition) is 1. The Kier molecular flexibility index (Phi) is 4.77. The van der Waals surface area contributed by atoms with Crippen LogP contribution in [0.5, 0.6) is 0 Å². The van der Waals surface area contributed by atoms with Gasteiger partial charge in [-0.15, -0.1) is 0 Å². The van der Waals surface area contributed by atoms with Gasteiger partial charge in [0, 0.05) is 19.0 Å². The molecule has 1 N–H and O–H groups in total. The molecule has 0 spiro atoms. The van der Waals surface area contributed by atoms with Crippen molar-refractivity contribution in [3.05, 3.63) is 0 Å². The lowest BCUT2D eigenvalue weighted by Gasteiger charge is -2.35. The third kappa shape index (κ3) is 3.24. The minimum Gasteiger partial charge on any atom is -0.344 e. The minimum atomic E-state index is -0.409. The molecule has 1 heterocycles. The SMILES string of the molecule is CCC(CC)N1CCC(=O)NC(C(C)(C)C)C1=O. The second-order valence-electron chi connectivity index (χ2n) is 6.12. The van der Waals surface area contributed by atoms with Gasteiger partial charge in [-0.05, 0) is 18.3 Å². The Morgan fingerprint density at radius 3 is 2.28 bits per heavy atom. The van der Waals surface area contributed by atoms with E-state index in [0.717, 1.165) is 12.8 Å². The van der Waals surface area contributed by atoms with E-state index in [1.807, 2.05) is 25.7 Å². The number of carbonyl (C=O) groups excluding carboxylic acids is 2. The molecule has 1 fully saturated rings. The summed E-state index contributed by atoms with van der Waals surface area (Å²) in [6.07, 6.45) is 2.29. The molecular formula is C14H26N2O2. The van der Waals surface area contributed by atoms with E-state index < -0.39 is 6.04 Å². The standard InChI is InChI=1S/C14H26N2O2/c1-6-10(7-2)16-9-8-11(17)15-12(13(16)18)14(3,4)5/h10,12H,6-9H2,1-5H3,(H,15,17). The number of nitrogens with one attached hydrogen (secondary N) is 1. The molecule has 1 aliphatic heterocycles. The van der Waals surface area contributed by atoms with Gasteiger partial charge in [0.25, 0.3) is 0 Å². The Morgan fingerprint density at radius 2 is 1.83 bits per heavy atom. The molecule has 18 heavy (non-hydrogen) atoms. The average Bonchev–Trinajstić information content (AvgIpc) is 2.42. The lowest BCUT2D eigenvalue weighted by atomic mass is 9.85. The first-order valence-electron chi connectivity index (χ1n) is 6.91. The predicted molar refractivity (Wildman–Crippen MR) is 72.1 cm³/mol. The summed E-state index contributed by atoms with van der Waals surface area (Å²) in [6, 6.07) is -0.164. The number of hydrogen-bond acceptors (Lipinski definition) is 2. The minimum absolute atomic E-state index is 0.0169. The third-order valence-corrected chi connectivity index (χ3v) is 3.66. The van der Waals surface area contributed by atoms with Gasteiger partial charge in [0.15, 0.2) is 0 Å². The van der Waals surface area contributed by atoms with E-state index in [9.17, 15) is 9.59 Å². The fourth-order valence-corrected chi connectivity index (χ4v) is 2.47. The summed E-state index contributed by atoms with van der Waals surface area (Å²) in [6.45, 7) is 10.7. The maximum absolute atomic E-state index is 12.6. The molecule has 1 atom stereocenters. The van der Waals surface area contributed by atoms with E-state index in [2.05, 4.69) is 19.2 Å². The smallest absolute Gasteiger partial charge is 0.245 e. The Balaban J connectivity index is 3.00. The van der Waals surface area contributed by atoms with E-state index in [0.29, 0.717) is 13.0 Å². The molecule has 1 saturated heterocycles. The maximum atomic E-state index is 12.6. The zero-order valence-corrected chi connectivity index (χ0v) is 12.2. The number of rotatable bonds is 3. The first-order valence-corrected chi connectivity index (χ1v) is 6.91. The molecule has 0 aliphatic carbocycles. The lowest BCUT2D eigenvalue weighted by Crippen LogP contribution is -2.53. The number of carbonyl (C=O) groups is 2. The van der Waals surface area contributed by atoms with E-state index in [4.69, 9.17) is 0 Å². The molecule has 1 aliphatic rings. The second kappa shape index (κ2) is 5.72. The van der Waals surface area contributed by atoms with Crippen LogP contribution in [0.1, 0.15) is 53.9 Å². The molecule has 0 radical (unpaired) electrons. The van der Waals surface area contributed by atoms with Crippen LogP contribution in [0.3, 0.4) is 0 Å². The lowest BCUT2D eigenvalue weighted by molar-refractivity contribution is -0.138. The summed E-state index contributed by atoms with van der Waals surface area (Å²) >= 11 is 0. The highest BCUT2D eigenvalue weighted by Crippen LogP contribution is 2.25. The van der Waals surface area contributed by atoms with E-state index in [-0.39, 0.29) is 23.3 Å². The van der Waals surface area contributed by atoms with Crippen molar-refractivity contribution in [2.75, 3.05) is 6.54 Å². The Morgan fingerprint density at radius 1 is 1.28 bits per heavy atom. The number of nitrogens with zero attached hydrogens (tertiary/aromatic N) is 1. The van der Waals surface area contributed by atoms with Gasteiger partial charge in [-0.2, -0.15) is 0 Å². The fourth-order valence-electron chi connectivity index (χ4n) is 2.47. The van der Waals surface area contributed by atoms with Gasteiger partial charge in [-0.3, -0.25) is 9.59 Å². The first-order chi connectivity index (χ1) is 8.31. The number of amides is 2. The van der Waals surface area contributed by atoms with E-state index in [1.54, 1.807) is 0 Å². The highest BCUT2D eigenvalue weighted by atomic mass is 16.2. The monoisotopic (exact) mass is 254 g/mol.